The van der Waals surface area contributed by atoms with E-state index in [-0.39, 0.29) is 11.8 Å². The lowest BCUT2D eigenvalue weighted by Gasteiger charge is -2.16. The van der Waals surface area contributed by atoms with Gasteiger partial charge in [-0.05, 0) is 18.1 Å². The number of benzene rings is 1. The number of nitrogens with one attached hydrogen (secondary N) is 1. The molecule has 1 unspecified atom stereocenters. The molecule has 0 spiro atoms. The molecule has 1 aliphatic heterocycles. The molecule has 0 aromatic heterocycles. The normalized spacial score (nSPS) is 20.4. The van der Waals surface area contributed by atoms with Crippen LogP contribution in [0.5, 0.6) is 0 Å². The van der Waals surface area contributed by atoms with Gasteiger partial charge in [0.05, 0.1) is 6.26 Å². The number of anilines is 1. The largest absolute Gasteiger partial charge is 0.312 e. The van der Waals surface area contributed by atoms with E-state index in [9.17, 15) is 13.2 Å². The van der Waals surface area contributed by atoms with Crippen molar-refractivity contribution in [3.63, 3.8) is 0 Å². The van der Waals surface area contributed by atoms with E-state index in [0.717, 1.165) is 11.9 Å². The number of rotatable bonds is 4. The van der Waals surface area contributed by atoms with Crippen molar-refractivity contribution in [2.45, 2.75) is 6.42 Å². The van der Waals surface area contributed by atoms with Gasteiger partial charge in [0, 0.05) is 25.2 Å². The molecule has 0 saturated carbocycles. The first-order valence-electron chi connectivity index (χ1n) is 5.76. The van der Waals surface area contributed by atoms with E-state index in [1.807, 2.05) is 30.3 Å². The van der Waals surface area contributed by atoms with Crippen molar-refractivity contribution in [3.8, 4) is 0 Å². The minimum absolute atomic E-state index is 0.0347. The van der Waals surface area contributed by atoms with Crippen LogP contribution in [0.25, 0.3) is 0 Å². The number of sulfonamides is 1. The van der Waals surface area contributed by atoms with Gasteiger partial charge in [-0.15, -0.1) is 0 Å². The number of amides is 1. The van der Waals surface area contributed by atoms with Gasteiger partial charge < -0.3 is 4.90 Å². The Morgan fingerprint density at radius 2 is 2.00 bits per heavy atom. The lowest BCUT2D eigenvalue weighted by atomic mass is 10.1. The van der Waals surface area contributed by atoms with Gasteiger partial charge in [-0.3, -0.25) is 4.79 Å². The number of para-hydroxylation sites is 1. The molecule has 2 rings (SSSR count). The highest BCUT2D eigenvalue weighted by molar-refractivity contribution is 7.88. The molecule has 1 N–H and O–H groups in total. The molecule has 1 aromatic rings. The van der Waals surface area contributed by atoms with Gasteiger partial charge in [0.2, 0.25) is 15.9 Å². The molecule has 1 heterocycles. The highest BCUT2D eigenvalue weighted by atomic mass is 32.2. The molecule has 1 aromatic carbocycles. The summed E-state index contributed by atoms with van der Waals surface area (Å²) in [6, 6.07) is 9.41. The smallest absolute Gasteiger partial charge is 0.227 e. The van der Waals surface area contributed by atoms with Crippen molar-refractivity contribution in [2.24, 2.45) is 5.92 Å². The number of nitrogens with zero attached hydrogens (tertiary/aromatic N) is 1. The molecule has 6 heteroatoms. The second kappa shape index (κ2) is 5.07. The van der Waals surface area contributed by atoms with Crippen molar-refractivity contribution in [1.29, 1.82) is 0 Å². The van der Waals surface area contributed by atoms with Crippen LogP contribution < -0.4 is 9.62 Å². The summed E-state index contributed by atoms with van der Waals surface area (Å²) in [4.78, 5) is 13.6. The van der Waals surface area contributed by atoms with Crippen LogP contribution in [0, 0.1) is 5.92 Å². The summed E-state index contributed by atoms with van der Waals surface area (Å²) in [7, 11) is -3.19. The molecule has 0 aliphatic carbocycles. The Kier molecular flexibility index (Phi) is 3.68. The first-order valence-corrected chi connectivity index (χ1v) is 7.65. The summed E-state index contributed by atoms with van der Waals surface area (Å²) < 4.78 is 24.5. The van der Waals surface area contributed by atoms with Crippen LogP contribution in [0.4, 0.5) is 5.69 Å². The third-order valence-electron chi connectivity index (χ3n) is 2.91. The maximum Gasteiger partial charge on any atom is 0.227 e. The van der Waals surface area contributed by atoms with E-state index in [1.165, 1.54) is 0 Å². The molecule has 1 fully saturated rings. The quantitative estimate of drug-likeness (QED) is 0.869. The van der Waals surface area contributed by atoms with Gasteiger partial charge in [0.25, 0.3) is 0 Å². The number of hydrogen-bond donors (Lipinski definition) is 1. The minimum atomic E-state index is -3.19. The van der Waals surface area contributed by atoms with Gasteiger partial charge in [-0.25, -0.2) is 13.1 Å². The van der Waals surface area contributed by atoms with E-state index in [4.69, 9.17) is 0 Å². The van der Waals surface area contributed by atoms with Crippen LogP contribution in [-0.2, 0) is 14.8 Å². The summed E-state index contributed by atoms with van der Waals surface area (Å²) in [6.45, 7) is 0.874. The van der Waals surface area contributed by atoms with Crippen molar-refractivity contribution in [2.75, 3.05) is 24.2 Å². The Labute approximate surface area is 107 Å². The van der Waals surface area contributed by atoms with Gasteiger partial charge in [0.15, 0.2) is 0 Å². The zero-order valence-corrected chi connectivity index (χ0v) is 11.0. The van der Waals surface area contributed by atoms with Crippen LogP contribution in [0.1, 0.15) is 6.42 Å². The summed E-state index contributed by atoms with van der Waals surface area (Å²) in [5, 5.41) is 0. The summed E-state index contributed by atoms with van der Waals surface area (Å²) in [6.07, 6.45) is 1.51. The number of carbonyl (C=O) groups excluding carboxylic acids is 1. The third kappa shape index (κ3) is 3.30. The fourth-order valence-electron chi connectivity index (χ4n) is 2.04. The Morgan fingerprint density at radius 1 is 1.33 bits per heavy atom. The standard InChI is InChI=1S/C12H16N2O3S/c1-18(16,17)13-8-10-7-12(15)14(9-10)11-5-3-2-4-6-11/h2-6,10,13H,7-9H2,1H3. The van der Waals surface area contributed by atoms with E-state index < -0.39 is 10.0 Å². The second-order valence-electron chi connectivity index (χ2n) is 4.53. The molecular weight excluding hydrogens is 252 g/mol. The zero-order chi connectivity index (χ0) is 13.2. The molecule has 18 heavy (non-hydrogen) atoms. The molecule has 1 saturated heterocycles. The van der Waals surface area contributed by atoms with E-state index in [0.29, 0.717) is 19.5 Å². The molecule has 1 amide bonds. The number of hydrogen-bond acceptors (Lipinski definition) is 3. The lowest BCUT2D eigenvalue weighted by molar-refractivity contribution is -0.117. The van der Waals surface area contributed by atoms with Crippen LogP contribution in [0.2, 0.25) is 0 Å². The van der Waals surface area contributed by atoms with E-state index in [1.54, 1.807) is 4.90 Å². The van der Waals surface area contributed by atoms with Crippen LogP contribution in [0.3, 0.4) is 0 Å². The third-order valence-corrected chi connectivity index (χ3v) is 3.60. The first kappa shape index (κ1) is 13.0. The molecule has 5 nitrogen and oxygen atoms in total. The summed E-state index contributed by atoms with van der Waals surface area (Å²) in [5.74, 6) is 0.0777. The Hall–Kier alpha value is -1.40. The number of carbonyl (C=O) groups is 1. The Morgan fingerprint density at radius 3 is 2.61 bits per heavy atom. The Balaban J connectivity index is 1.99. The highest BCUT2D eigenvalue weighted by Gasteiger charge is 2.30. The molecule has 1 atom stereocenters. The van der Waals surface area contributed by atoms with Gasteiger partial charge in [0.1, 0.15) is 0 Å². The van der Waals surface area contributed by atoms with Crippen molar-refractivity contribution >= 4 is 21.6 Å². The monoisotopic (exact) mass is 268 g/mol. The topological polar surface area (TPSA) is 66.5 Å². The SMILES string of the molecule is CS(=O)(=O)NCC1CC(=O)N(c2ccccc2)C1. The fourth-order valence-corrected chi connectivity index (χ4v) is 2.58. The Bertz CT molecular complexity index is 528. The van der Waals surface area contributed by atoms with Gasteiger partial charge >= 0.3 is 0 Å². The van der Waals surface area contributed by atoms with Gasteiger partial charge in [-0.2, -0.15) is 0 Å². The average Bonchev–Trinajstić information content (AvgIpc) is 2.68. The molecule has 98 valence electrons. The second-order valence-corrected chi connectivity index (χ2v) is 6.36. The van der Waals surface area contributed by atoms with Crippen molar-refractivity contribution in [3.05, 3.63) is 30.3 Å². The molecule has 0 radical (unpaired) electrons. The first-order chi connectivity index (χ1) is 8.46. The predicted octanol–water partition coefficient (Wildman–Crippen LogP) is 0.589. The van der Waals surface area contributed by atoms with E-state index in [2.05, 4.69) is 4.72 Å². The zero-order valence-electron chi connectivity index (χ0n) is 10.2. The maximum absolute atomic E-state index is 11.9. The van der Waals surface area contributed by atoms with Crippen LogP contribution >= 0.6 is 0 Å². The lowest BCUT2D eigenvalue weighted by Crippen LogP contribution is -2.30. The van der Waals surface area contributed by atoms with E-state index >= 15 is 0 Å². The van der Waals surface area contributed by atoms with Crippen molar-refractivity contribution < 1.29 is 13.2 Å². The maximum atomic E-state index is 11.9. The fraction of sp³-hybridized carbons (Fsp3) is 0.417. The van der Waals surface area contributed by atoms with Crippen LogP contribution in [0.15, 0.2) is 30.3 Å². The average molecular weight is 268 g/mol. The van der Waals surface area contributed by atoms with Crippen molar-refractivity contribution in [1.82, 2.24) is 4.72 Å². The molecular formula is C12H16N2O3S. The van der Waals surface area contributed by atoms with Crippen LogP contribution in [-0.4, -0.2) is 33.7 Å². The summed E-state index contributed by atoms with van der Waals surface area (Å²) in [5.41, 5.74) is 0.865. The predicted molar refractivity (Wildman–Crippen MR) is 69.7 cm³/mol. The summed E-state index contributed by atoms with van der Waals surface area (Å²) >= 11 is 0. The molecule has 0 bridgehead atoms. The minimum Gasteiger partial charge on any atom is -0.312 e. The highest BCUT2D eigenvalue weighted by Crippen LogP contribution is 2.24. The van der Waals surface area contributed by atoms with Gasteiger partial charge in [-0.1, -0.05) is 18.2 Å². The molecule has 1 aliphatic rings.